The molecular formula is C8H12ClNO. The van der Waals surface area contributed by atoms with E-state index in [0.29, 0.717) is 0 Å². The van der Waals surface area contributed by atoms with Crippen molar-refractivity contribution < 1.29 is 4.66 Å². The van der Waals surface area contributed by atoms with E-state index in [2.05, 4.69) is 28.9 Å². The Morgan fingerprint density at radius 3 is 1.82 bits per heavy atom. The summed E-state index contributed by atoms with van der Waals surface area (Å²) in [5.41, 5.74) is 1.25. The first kappa shape index (κ1) is 10.3. The number of hydrogen-bond donors (Lipinski definition) is 1. The standard InChI is InChI=1S/C8H11N.ClHO/c1-9(2)8-6-4-3-5-7-8;1-2/h3-7H,1-2H3;2H. The highest BCUT2D eigenvalue weighted by atomic mass is 35.5. The van der Waals surface area contributed by atoms with Crippen LogP contribution in [0.5, 0.6) is 0 Å². The van der Waals surface area contributed by atoms with Gasteiger partial charge < -0.3 is 4.90 Å². The SMILES string of the molecule is CN(C)c1ccccc1.OCl. The normalized spacial score (nSPS) is 8.00. The molecule has 0 atom stereocenters. The molecule has 1 aromatic rings. The van der Waals surface area contributed by atoms with Gasteiger partial charge in [0, 0.05) is 19.8 Å². The van der Waals surface area contributed by atoms with Crippen LogP contribution in [0.4, 0.5) is 5.69 Å². The minimum Gasteiger partial charge on any atom is -0.378 e. The van der Waals surface area contributed by atoms with Crippen molar-refractivity contribution >= 4 is 17.6 Å². The molecule has 0 bridgehead atoms. The maximum atomic E-state index is 6.47. The fourth-order valence-electron chi connectivity index (χ4n) is 0.726. The molecule has 0 aliphatic heterocycles. The van der Waals surface area contributed by atoms with Gasteiger partial charge in [0.15, 0.2) is 0 Å². The molecule has 0 aromatic heterocycles. The second-order valence-electron chi connectivity index (χ2n) is 2.23. The number of halogens is 1. The molecule has 11 heavy (non-hydrogen) atoms. The second-order valence-corrected chi connectivity index (χ2v) is 2.23. The lowest BCUT2D eigenvalue weighted by atomic mass is 10.3. The van der Waals surface area contributed by atoms with Gasteiger partial charge in [-0.15, -0.1) is 0 Å². The Kier molecular flexibility index (Phi) is 5.61. The molecule has 0 unspecified atom stereocenters. The zero-order chi connectivity index (χ0) is 8.69. The van der Waals surface area contributed by atoms with Crippen LogP contribution in [0.2, 0.25) is 0 Å². The zero-order valence-corrected chi connectivity index (χ0v) is 7.42. The van der Waals surface area contributed by atoms with Gasteiger partial charge in [0.25, 0.3) is 0 Å². The van der Waals surface area contributed by atoms with E-state index < -0.39 is 0 Å². The highest BCUT2D eigenvalue weighted by Crippen LogP contribution is 2.07. The molecule has 0 heterocycles. The van der Waals surface area contributed by atoms with Crippen molar-refractivity contribution in [2.24, 2.45) is 0 Å². The third-order valence-electron chi connectivity index (χ3n) is 1.27. The second kappa shape index (κ2) is 6.01. The molecule has 0 fully saturated rings. The molecule has 0 amide bonds. The molecule has 0 saturated heterocycles. The summed E-state index contributed by atoms with van der Waals surface area (Å²) in [6.07, 6.45) is 0. The summed E-state index contributed by atoms with van der Waals surface area (Å²) in [4.78, 5) is 2.08. The van der Waals surface area contributed by atoms with Crippen molar-refractivity contribution in [2.45, 2.75) is 0 Å². The summed E-state index contributed by atoms with van der Waals surface area (Å²) < 4.78 is 6.47. The minimum absolute atomic E-state index is 1.25. The van der Waals surface area contributed by atoms with Crippen LogP contribution < -0.4 is 4.90 Å². The Balaban J connectivity index is 0.000000461. The van der Waals surface area contributed by atoms with Crippen LogP contribution in [0.25, 0.3) is 0 Å². The van der Waals surface area contributed by atoms with E-state index in [4.69, 9.17) is 4.66 Å². The molecule has 0 spiro atoms. The molecule has 0 saturated carbocycles. The molecule has 2 nitrogen and oxygen atoms in total. The van der Waals surface area contributed by atoms with Gasteiger partial charge in [0.2, 0.25) is 0 Å². The van der Waals surface area contributed by atoms with Gasteiger partial charge in [-0.2, -0.15) is 0 Å². The predicted octanol–water partition coefficient (Wildman–Crippen LogP) is 1.89. The van der Waals surface area contributed by atoms with Crippen molar-refractivity contribution in [3.05, 3.63) is 30.3 Å². The van der Waals surface area contributed by atoms with Crippen LogP contribution in [0.3, 0.4) is 0 Å². The molecule has 62 valence electrons. The lowest BCUT2D eigenvalue weighted by Gasteiger charge is -2.10. The highest BCUT2D eigenvalue weighted by molar-refractivity contribution is 6.04. The zero-order valence-electron chi connectivity index (χ0n) is 6.66. The summed E-state index contributed by atoms with van der Waals surface area (Å²) >= 11 is 3.64. The van der Waals surface area contributed by atoms with Crippen LogP contribution in [-0.2, 0) is 0 Å². The van der Waals surface area contributed by atoms with Crippen LogP contribution in [0, 0.1) is 0 Å². The molecule has 1 rings (SSSR count). The quantitative estimate of drug-likeness (QED) is 0.701. The number of rotatable bonds is 1. The summed E-state index contributed by atoms with van der Waals surface area (Å²) in [6.45, 7) is 0. The molecular weight excluding hydrogens is 162 g/mol. The fraction of sp³-hybridized carbons (Fsp3) is 0.250. The van der Waals surface area contributed by atoms with Crippen molar-refractivity contribution in [3.63, 3.8) is 0 Å². The Morgan fingerprint density at radius 1 is 1.09 bits per heavy atom. The van der Waals surface area contributed by atoms with Gasteiger partial charge in [-0.3, -0.25) is 4.66 Å². The van der Waals surface area contributed by atoms with Crippen molar-refractivity contribution in [3.8, 4) is 0 Å². The predicted molar refractivity (Wildman–Crippen MR) is 48.8 cm³/mol. The average Bonchev–Trinajstić information content (AvgIpc) is 2.10. The monoisotopic (exact) mass is 173 g/mol. The largest absolute Gasteiger partial charge is 0.378 e. The van der Waals surface area contributed by atoms with Crippen LogP contribution in [0.15, 0.2) is 30.3 Å². The van der Waals surface area contributed by atoms with Gasteiger partial charge in [-0.1, -0.05) is 18.2 Å². The minimum atomic E-state index is 1.25. The Bertz CT molecular complexity index is 177. The van der Waals surface area contributed by atoms with Crippen molar-refractivity contribution in [2.75, 3.05) is 19.0 Å². The molecule has 1 N–H and O–H groups in total. The lowest BCUT2D eigenvalue weighted by Crippen LogP contribution is -2.07. The topological polar surface area (TPSA) is 23.5 Å². The van der Waals surface area contributed by atoms with E-state index in [1.165, 1.54) is 5.69 Å². The van der Waals surface area contributed by atoms with E-state index in [1.807, 2.05) is 32.3 Å². The number of nitrogens with zero attached hydrogens (tertiary/aromatic N) is 1. The molecule has 3 heteroatoms. The Hall–Kier alpha value is -0.730. The molecule has 0 radical (unpaired) electrons. The first-order valence-corrected chi connectivity index (χ1v) is 3.54. The lowest BCUT2D eigenvalue weighted by molar-refractivity contribution is 0.632. The van der Waals surface area contributed by atoms with E-state index in [9.17, 15) is 0 Å². The number of para-hydroxylation sites is 1. The maximum absolute atomic E-state index is 6.47. The third kappa shape index (κ3) is 3.86. The number of hydrogen-bond acceptors (Lipinski definition) is 2. The van der Waals surface area contributed by atoms with E-state index >= 15 is 0 Å². The van der Waals surface area contributed by atoms with E-state index in [-0.39, 0.29) is 0 Å². The summed E-state index contributed by atoms with van der Waals surface area (Å²) in [5, 5.41) is 0. The van der Waals surface area contributed by atoms with Crippen molar-refractivity contribution in [1.29, 1.82) is 0 Å². The fourth-order valence-corrected chi connectivity index (χ4v) is 0.726. The number of anilines is 1. The summed E-state index contributed by atoms with van der Waals surface area (Å²) in [5.74, 6) is 0. The van der Waals surface area contributed by atoms with E-state index in [0.717, 1.165) is 0 Å². The van der Waals surface area contributed by atoms with Gasteiger partial charge in [-0.25, -0.2) is 0 Å². The third-order valence-corrected chi connectivity index (χ3v) is 1.27. The smallest absolute Gasteiger partial charge is 0.0579 e. The van der Waals surface area contributed by atoms with Gasteiger partial charge in [0.05, 0.1) is 11.9 Å². The Labute approximate surface area is 72.2 Å². The van der Waals surface area contributed by atoms with Crippen LogP contribution in [0.1, 0.15) is 0 Å². The van der Waals surface area contributed by atoms with Gasteiger partial charge in [-0.05, 0) is 12.1 Å². The van der Waals surface area contributed by atoms with Crippen LogP contribution in [-0.4, -0.2) is 18.8 Å². The summed E-state index contributed by atoms with van der Waals surface area (Å²) in [7, 11) is 4.07. The summed E-state index contributed by atoms with van der Waals surface area (Å²) in [6, 6.07) is 10.3. The first-order chi connectivity index (χ1) is 5.30. The highest BCUT2D eigenvalue weighted by Gasteiger charge is 1.87. The Morgan fingerprint density at radius 2 is 1.55 bits per heavy atom. The molecule has 0 aliphatic rings. The van der Waals surface area contributed by atoms with Crippen molar-refractivity contribution in [1.82, 2.24) is 0 Å². The van der Waals surface area contributed by atoms with Gasteiger partial charge in [0.1, 0.15) is 0 Å². The average molecular weight is 174 g/mol. The van der Waals surface area contributed by atoms with Gasteiger partial charge >= 0.3 is 0 Å². The van der Waals surface area contributed by atoms with E-state index in [1.54, 1.807) is 0 Å². The van der Waals surface area contributed by atoms with Crippen LogP contribution >= 0.6 is 11.9 Å². The maximum Gasteiger partial charge on any atom is 0.0579 e. The number of benzene rings is 1. The first-order valence-electron chi connectivity index (χ1n) is 3.20. The molecule has 1 aromatic carbocycles. The molecule has 0 aliphatic carbocycles.